The van der Waals surface area contributed by atoms with Gasteiger partial charge in [-0.2, -0.15) is 0 Å². The third-order valence-corrected chi connectivity index (χ3v) is 13.9. The van der Waals surface area contributed by atoms with Crippen molar-refractivity contribution in [2.75, 3.05) is 40.9 Å². The number of phosphoric ester groups is 1. The second-order valence-electron chi connectivity index (χ2n) is 21.2. The Labute approximate surface area is 439 Å². The van der Waals surface area contributed by atoms with Crippen LogP contribution in [0.2, 0.25) is 0 Å². The highest BCUT2D eigenvalue weighted by Crippen LogP contribution is 2.38. The smallest absolute Gasteiger partial charge is 0.306 e. The number of carbonyl (C=O) groups is 2. The van der Waals surface area contributed by atoms with Crippen LogP contribution in [0.5, 0.6) is 0 Å². The summed E-state index contributed by atoms with van der Waals surface area (Å²) in [6, 6.07) is -0.908. The van der Waals surface area contributed by atoms with Crippen LogP contribution in [0.1, 0.15) is 265 Å². The van der Waals surface area contributed by atoms with Gasteiger partial charge in [-0.1, -0.05) is 242 Å². The van der Waals surface area contributed by atoms with Crippen LogP contribution in [0.3, 0.4) is 0 Å². The number of hydrogen-bond donors (Lipinski definition) is 1. The topological polar surface area (TPSA) is 114 Å². The zero-order valence-electron chi connectivity index (χ0n) is 47.2. The second kappa shape index (κ2) is 51.2. The molecular formula is C61H113N2O7P. The van der Waals surface area contributed by atoms with Gasteiger partial charge in [-0.05, 0) is 70.3 Å². The zero-order chi connectivity index (χ0) is 52.2. The minimum Gasteiger partial charge on any atom is -0.756 e. The van der Waals surface area contributed by atoms with Crippen molar-refractivity contribution in [2.45, 2.75) is 277 Å². The summed E-state index contributed by atoms with van der Waals surface area (Å²) in [6.07, 6.45) is 63.3. The monoisotopic (exact) mass is 1020 g/mol. The van der Waals surface area contributed by atoms with Gasteiger partial charge in [0.1, 0.15) is 19.3 Å². The van der Waals surface area contributed by atoms with Gasteiger partial charge in [0.05, 0.1) is 33.8 Å². The first-order valence-corrected chi connectivity index (χ1v) is 31.1. The van der Waals surface area contributed by atoms with Gasteiger partial charge in [0.25, 0.3) is 7.82 Å². The van der Waals surface area contributed by atoms with Crippen LogP contribution in [-0.2, 0) is 27.9 Å². The number of amides is 1. The maximum atomic E-state index is 13.5. The van der Waals surface area contributed by atoms with Gasteiger partial charge < -0.3 is 28.5 Å². The highest BCUT2D eigenvalue weighted by Gasteiger charge is 2.27. The number of rotatable bonds is 53. The Morgan fingerprint density at radius 2 is 0.873 bits per heavy atom. The number of phosphoric acid groups is 1. The molecule has 0 saturated heterocycles. The fourth-order valence-electron chi connectivity index (χ4n) is 8.34. The summed E-state index contributed by atoms with van der Waals surface area (Å²) < 4.78 is 30.2. The molecule has 10 heteroatoms. The van der Waals surface area contributed by atoms with Gasteiger partial charge in [-0.15, -0.1) is 0 Å². The lowest BCUT2D eigenvalue weighted by molar-refractivity contribution is -0.870. The average Bonchev–Trinajstić information content (AvgIpc) is 3.33. The van der Waals surface area contributed by atoms with Gasteiger partial charge in [0.15, 0.2) is 0 Å². The van der Waals surface area contributed by atoms with E-state index in [0.717, 1.165) is 64.2 Å². The van der Waals surface area contributed by atoms with Crippen molar-refractivity contribution in [1.82, 2.24) is 5.32 Å². The number of nitrogens with one attached hydrogen (secondary N) is 1. The largest absolute Gasteiger partial charge is 0.756 e. The molecule has 0 spiro atoms. The van der Waals surface area contributed by atoms with E-state index >= 15 is 0 Å². The number of unbranched alkanes of at least 4 members (excludes halogenated alkanes) is 29. The van der Waals surface area contributed by atoms with Crippen LogP contribution in [0, 0.1) is 0 Å². The number of hydrogen-bond acceptors (Lipinski definition) is 7. The van der Waals surface area contributed by atoms with E-state index in [4.69, 9.17) is 13.8 Å². The fourth-order valence-corrected chi connectivity index (χ4v) is 9.06. The van der Waals surface area contributed by atoms with Crippen LogP contribution >= 0.6 is 7.82 Å². The van der Waals surface area contributed by atoms with Crippen molar-refractivity contribution in [3.05, 3.63) is 60.8 Å². The van der Waals surface area contributed by atoms with E-state index < -0.39 is 32.5 Å². The molecule has 0 aliphatic carbocycles. The Hall–Kier alpha value is -2.29. The number of allylic oxidation sites excluding steroid dienone is 9. The molecule has 9 nitrogen and oxygen atoms in total. The van der Waals surface area contributed by atoms with Crippen LogP contribution < -0.4 is 10.2 Å². The molecule has 0 fully saturated rings. The Morgan fingerprint density at radius 3 is 1.34 bits per heavy atom. The van der Waals surface area contributed by atoms with Crippen molar-refractivity contribution < 1.29 is 37.3 Å². The lowest BCUT2D eigenvalue weighted by Gasteiger charge is -2.30. The van der Waals surface area contributed by atoms with Gasteiger partial charge in [0.2, 0.25) is 5.91 Å². The van der Waals surface area contributed by atoms with Gasteiger partial charge in [-0.25, -0.2) is 0 Å². The molecule has 0 aromatic rings. The van der Waals surface area contributed by atoms with Crippen LogP contribution in [0.15, 0.2) is 60.8 Å². The molecule has 0 radical (unpaired) electrons. The van der Waals surface area contributed by atoms with Crippen molar-refractivity contribution in [2.24, 2.45) is 0 Å². The Bertz CT molecular complexity index is 1400. The lowest BCUT2D eigenvalue weighted by Crippen LogP contribution is -2.47. The summed E-state index contributed by atoms with van der Waals surface area (Å²) in [5, 5.41) is 3.01. The molecule has 0 bridgehead atoms. The van der Waals surface area contributed by atoms with E-state index in [1.807, 2.05) is 33.3 Å². The number of nitrogens with zero attached hydrogens (tertiary/aromatic N) is 1. The number of ether oxygens (including phenoxy) is 1. The normalized spacial score (nSPS) is 14.2. The quantitative estimate of drug-likeness (QED) is 0.0212. The fraction of sp³-hybridized carbons (Fsp3) is 0.803. The average molecular weight is 1020 g/mol. The Kier molecular flexibility index (Phi) is 49.6. The highest BCUT2D eigenvalue weighted by molar-refractivity contribution is 7.45. The van der Waals surface area contributed by atoms with Crippen molar-refractivity contribution in [3.63, 3.8) is 0 Å². The molecule has 0 saturated carbocycles. The number of esters is 1. The number of carbonyl (C=O) groups excluding carboxylic acids is 2. The molecule has 71 heavy (non-hydrogen) atoms. The number of quaternary nitrogens is 1. The molecule has 0 rings (SSSR count). The molecule has 1 N–H and O–H groups in total. The third-order valence-electron chi connectivity index (χ3n) is 13.0. The Balaban J connectivity index is 5.36. The summed E-state index contributed by atoms with van der Waals surface area (Å²) >= 11 is 0. The van der Waals surface area contributed by atoms with Gasteiger partial charge in [0, 0.05) is 12.8 Å². The van der Waals surface area contributed by atoms with Crippen LogP contribution in [0.4, 0.5) is 0 Å². The molecule has 3 unspecified atom stereocenters. The molecule has 0 aliphatic heterocycles. The first kappa shape index (κ1) is 68.7. The van der Waals surface area contributed by atoms with Crippen molar-refractivity contribution >= 4 is 19.7 Å². The van der Waals surface area contributed by atoms with E-state index in [-0.39, 0.29) is 18.9 Å². The van der Waals surface area contributed by atoms with E-state index in [1.54, 1.807) is 0 Å². The molecule has 0 aliphatic rings. The third kappa shape index (κ3) is 52.4. The Morgan fingerprint density at radius 1 is 0.493 bits per heavy atom. The highest BCUT2D eigenvalue weighted by atomic mass is 31.2. The predicted molar refractivity (Wildman–Crippen MR) is 302 cm³/mol. The molecule has 3 atom stereocenters. The molecule has 0 heterocycles. The summed E-state index contributed by atoms with van der Waals surface area (Å²) in [7, 11) is 1.16. The van der Waals surface area contributed by atoms with E-state index in [2.05, 4.69) is 74.7 Å². The van der Waals surface area contributed by atoms with Crippen molar-refractivity contribution in [1.29, 1.82) is 0 Å². The summed E-state index contributed by atoms with van der Waals surface area (Å²) in [4.78, 5) is 39.8. The molecular weight excluding hydrogens is 904 g/mol. The standard InChI is InChI=1S/C61H113N2O7P/c1-7-10-13-16-19-22-25-27-29-31-33-35-38-41-44-47-50-53-60(64)62-58(57-69-71(66,67)68-56-55-63(4,5)6)59(52-49-46-43-40-37-24-21-18-15-12-9-3)70-61(65)54-51-48-45-42-39-36-34-32-30-28-26-23-20-17-14-11-8-2/h20,23,28,30,34,36,42,45,49,52,58-59H,7-19,21-22,24-27,29,31-33,35,37-41,43-44,46-48,50-51,53-57H2,1-6H3,(H-,62,64,66,67)/b23-20-,30-28-,36-34-,45-42-,52-49+. The van der Waals surface area contributed by atoms with Crippen LogP contribution in [0.25, 0.3) is 0 Å². The predicted octanol–water partition coefficient (Wildman–Crippen LogP) is 17.3. The molecule has 0 aromatic heterocycles. The first-order valence-electron chi connectivity index (χ1n) is 29.6. The second-order valence-corrected chi connectivity index (χ2v) is 22.6. The summed E-state index contributed by atoms with van der Waals surface area (Å²) in [5.41, 5.74) is 0. The maximum Gasteiger partial charge on any atom is 0.306 e. The summed E-state index contributed by atoms with van der Waals surface area (Å²) in [6.45, 7) is 6.78. The molecule has 414 valence electrons. The van der Waals surface area contributed by atoms with Gasteiger partial charge in [-0.3, -0.25) is 14.2 Å². The maximum absolute atomic E-state index is 13.5. The van der Waals surface area contributed by atoms with Crippen LogP contribution in [-0.4, -0.2) is 69.4 Å². The van der Waals surface area contributed by atoms with Crippen molar-refractivity contribution in [3.8, 4) is 0 Å². The lowest BCUT2D eigenvalue weighted by atomic mass is 10.0. The number of likely N-dealkylation sites (N-methyl/N-ethyl adjacent to an activating group) is 1. The van der Waals surface area contributed by atoms with Gasteiger partial charge >= 0.3 is 5.97 Å². The minimum absolute atomic E-state index is 0.0306. The van der Waals surface area contributed by atoms with E-state index in [9.17, 15) is 19.0 Å². The molecule has 1 amide bonds. The molecule has 0 aromatic carbocycles. The summed E-state index contributed by atoms with van der Waals surface area (Å²) in [5.74, 6) is -0.601. The van der Waals surface area contributed by atoms with E-state index in [1.165, 1.54) is 161 Å². The van der Waals surface area contributed by atoms with E-state index in [0.29, 0.717) is 23.9 Å². The first-order chi connectivity index (χ1) is 34.4. The SMILES string of the molecule is CCCCC/C=C\C/C=C\C/C=C\C/C=C\CCCC(=O)OC(/C=C/CCCCCCCCCCC)C(COP(=O)([O-])OCC[N+](C)(C)C)NC(=O)CCCCCCCCCCCCCCCCCCC. The minimum atomic E-state index is -4.70. The zero-order valence-corrected chi connectivity index (χ0v) is 48.1.